The van der Waals surface area contributed by atoms with E-state index in [2.05, 4.69) is 10.1 Å². The molecule has 0 saturated heterocycles. The van der Waals surface area contributed by atoms with E-state index in [0.29, 0.717) is 0 Å². The number of alkyl halides is 1. The molecule has 0 spiro atoms. The molecule has 0 aromatic heterocycles. The summed E-state index contributed by atoms with van der Waals surface area (Å²) in [4.78, 5) is 21.7. The molecule has 0 bridgehead atoms. The Bertz CT molecular complexity index is 211. The second-order valence-electron chi connectivity index (χ2n) is 2.68. The minimum Gasteiger partial charge on any atom is -0.465 e. The van der Waals surface area contributed by atoms with Crippen molar-refractivity contribution in [1.29, 1.82) is 0 Å². The zero-order chi connectivity index (χ0) is 11.1. The second kappa shape index (κ2) is 6.31. The number of hydrogen-bond acceptors (Lipinski definition) is 4. The molecule has 3 N–H and O–H groups in total. The first kappa shape index (κ1) is 12.8. The van der Waals surface area contributed by atoms with Crippen LogP contribution in [0, 0.1) is 0 Å². The molecule has 0 aliphatic carbocycles. The Kier molecular flexibility index (Phi) is 5.78. The highest BCUT2D eigenvalue weighted by Crippen LogP contribution is 2.02. The highest BCUT2D eigenvalue weighted by atomic mass is 19.1. The molecule has 1 amide bonds. The lowest BCUT2D eigenvalue weighted by molar-refractivity contribution is -0.145. The number of hydrogen-bond donors (Lipinski definition) is 2. The third-order valence-electron chi connectivity index (χ3n) is 1.58. The van der Waals surface area contributed by atoms with E-state index in [-0.39, 0.29) is 13.0 Å². The van der Waals surface area contributed by atoms with Gasteiger partial charge < -0.3 is 15.8 Å². The van der Waals surface area contributed by atoms with Gasteiger partial charge in [0.2, 0.25) is 0 Å². The smallest absolute Gasteiger partial charge is 0.323 e. The summed E-state index contributed by atoms with van der Waals surface area (Å²) in [5.41, 5.74) is 5.30. The molecular formula is C8H15FN2O3. The normalized spacial score (nSPS) is 14.3. The van der Waals surface area contributed by atoms with Gasteiger partial charge in [-0.05, 0) is 6.92 Å². The average molecular weight is 206 g/mol. The van der Waals surface area contributed by atoms with Crippen LogP contribution in [0.4, 0.5) is 4.39 Å². The zero-order valence-corrected chi connectivity index (χ0v) is 8.25. The monoisotopic (exact) mass is 206 g/mol. The highest BCUT2D eigenvalue weighted by molar-refractivity contribution is 5.82. The lowest BCUT2D eigenvalue weighted by atomic mass is 10.1. The van der Waals surface area contributed by atoms with Gasteiger partial charge in [0, 0.05) is 13.5 Å². The van der Waals surface area contributed by atoms with E-state index >= 15 is 0 Å². The Morgan fingerprint density at radius 1 is 1.57 bits per heavy atom. The highest BCUT2D eigenvalue weighted by Gasteiger charge is 2.24. The van der Waals surface area contributed by atoms with E-state index in [9.17, 15) is 14.0 Å². The van der Waals surface area contributed by atoms with Crippen LogP contribution in [0.25, 0.3) is 0 Å². The molecule has 0 aromatic rings. The van der Waals surface area contributed by atoms with Crippen LogP contribution >= 0.6 is 0 Å². The molecule has 82 valence electrons. The third kappa shape index (κ3) is 4.18. The van der Waals surface area contributed by atoms with Crippen LogP contribution in [-0.2, 0) is 14.3 Å². The molecule has 0 unspecified atom stereocenters. The summed E-state index contributed by atoms with van der Waals surface area (Å²) in [6.45, 7) is 1.81. The van der Waals surface area contributed by atoms with E-state index in [4.69, 9.17) is 5.73 Å². The van der Waals surface area contributed by atoms with Crippen molar-refractivity contribution >= 4 is 11.9 Å². The molecule has 0 heterocycles. The van der Waals surface area contributed by atoms with Crippen LogP contribution in [0.3, 0.4) is 0 Å². The molecule has 5 nitrogen and oxygen atoms in total. The van der Waals surface area contributed by atoms with Crippen molar-refractivity contribution in [1.82, 2.24) is 5.32 Å². The van der Waals surface area contributed by atoms with Crippen molar-refractivity contribution in [2.75, 3.05) is 13.7 Å². The van der Waals surface area contributed by atoms with Gasteiger partial charge in [-0.25, -0.2) is 4.39 Å². The van der Waals surface area contributed by atoms with Gasteiger partial charge in [0.1, 0.15) is 6.04 Å². The van der Waals surface area contributed by atoms with Crippen LogP contribution in [0.1, 0.15) is 13.3 Å². The number of amides is 1. The van der Waals surface area contributed by atoms with E-state index in [1.54, 1.807) is 6.92 Å². The molecule has 2 atom stereocenters. The topological polar surface area (TPSA) is 81.4 Å². The number of rotatable bonds is 5. The molecule has 0 fully saturated rings. The maximum Gasteiger partial charge on any atom is 0.323 e. The number of halogens is 1. The molecule has 0 radical (unpaired) electrons. The fraction of sp³-hybridized carbons (Fsp3) is 0.750. The van der Waals surface area contributed by atoms with Gasteiger partial charge in [-0.15, -0.1) is 0 Å². The predicted octanol–water partition coefficient (Wildman–Crippen LogP) is -0.649. The molecular weight excluding hydrogens is 191 g/mol. The van der Waals surface area contributed by atoms with Crippen molar-refractivity contribution < 1.29 is 18.7 Å². The van der Waals surface area contributed by atoms with Crippen LogP contribution in [-0.4, -0.2) is 37.7 Å². The summed E-state index contributed by atoms with van der Waals surface area (Å²) in [5.74, 6) is -1.48. The molecule has 0 aliphatic heterocycles. The fourth-order valence-electron chi connectivity index (χ4n) is 0.832. The average Bonchev–Trinajstić information content (AvgIpc) is 2.16. The van der Waals surface area contributed by atoms with Crippen molar-refractivity contribution in [3.8, 4) is 0 Å². The van der Waals surface area contributed by atoms with Crippen LogP contribution < -0.4 is 11.1 Å². The van der Waals surface area contributed by atoms with Crippen LogP contribution in [0.2, 0.25) is 0 Å². The maximum absolute atomic E-state index is 12.9. The number of esters is 1. The molecule has 0 aliphatic rings. The number of nitrogens with one attached hydrogen (secondary N) is 1. The van der Waals surface area contributed by atoms with Gasteiger partial charge >= 0.3 is 5.97 Å². The van der Waals surface area contributed by atoms with E-state index in [0.717, 1.165) is 0 Å². The molecule has 0 saturated carbocycles. The summed E-state index contributed by atoms with van der Waals surface area (Å²) >= 11 is 0. The Hall–Kier alpha value is -1.17. The first-order chi connectivity index (χ1) is 6.52. The lowest BCUT2D eigenvalue weighted by Crippen LogP contribution is -2.39. The van der Waals surface area contributed by atoms with Gasteiger partial charge in [0.25, 0.3) is 5.91 Å². The minimum absolute atomic E-state index is 0.184. The minimum atomic E-state index is -1.78. The molecule has 14 heavy (non-hydrogen) atoms. The van der Waals surface area contributed by atoms with Crippen molar-refractivity contribution in [3.63, 3.8) is 0 Å². The molecule has 0 aromatic carbocycles. The van der Waals surface area contributed by atoms with Crippen molar-refractivity contribution in [2.45, 2.75) is 25.6 Å². The number of carbonyl (C=O) groups excluding carboxylic acids is 2. The van der Waals surface area contributed by atoms with Crippen molar-refractivity contribution in [2.24, 2.45) is 5.73 Å². The molecule has 6 heteroatoms. The SMILES string of the molecule is CCOC(=O)[C@@H](N)C[C@@H](F)C(=O)NC. The van der Waals surface area contributed by atoms with Gasteiger partial charge in [-0.3, -0.25) is 9.59 Å². The van der Waals surface area contributed by atoms with Crippen LogP contribution in [0.5, 0.6) is 0 Å². The van der Waals surface area contributed by atoms with Gasteiger partial charge in [0.05, 0.1) is 6.61 Å². The third-order valence-corrected chi connectivity index (χ3v) is 1.58. The largest absolute Gasteiger partial charge is 0.465 e. The standard InChI is InChI=1S/C8H15FN2O3/c1-3-14-8(13)6(10)4-5(9)7(12)11-2/h5-6H,3-4,10H2,1-2H3,(H,11,12)/t5-,6+/m1/s1. The quantitative estimate of drug-likeness (QED) is 0.586. The number of ether oxygens (including phenoxy) is 1. The Morgan fingerprint density at radius 2 is 2.14 bits per heavy atom. The van der Waals surface area contributed by atoms with Crippen molar-refractivity contribution in [3.05, 3.63) is 0 Å². The Labute approximate surface area is 81.8 Å². The second-order valence-corrected chi connectivity index (χ2v) is 2.68. The number of nitrogens with two attached hydrogens (primary N) is 1. The van der Waals surface area contributed by atoms with Gasteiger partial charge in [-0.2, -0.15) is 0 Å². The predicted molar refractivity (Wildman–Crippen MR) is 48.2 cm³/mol. The Morgan fingerprint density at radius 3 is 2.57 bits per heavy atom. The van der Waals surface area contributed by atoms with Gasteiger partial charge in [-0.1, -0.05) is 0 Å². The molecule has 0 rings (SSSR count). The Balaban J connectivity index is 3.98. The zero-order valence-electron chi connectivity index (χ0n) is 8.25. The maximum atomic E-state index is 12.9. The van der Waals surface area contributed by atoms with E-state index in [1.807, 2.05) is 0 Å². The van der Waals surface area contributed by atoms with E-state index in [1.165, 1.54) is 7.05 Å². The lowest BCUT2D eigenvalue weighted by Gasteiger charge is -2.12. The summed E-state index contributed by atoms with van der Waals surface area (Å²) in [7, 11) is 1.31. The summed E-state index contributed by atoms with van der Waals surface area (Å²) < 4.78 is 17.5. The first-order valence-electron chi connectivity index (χ1n) is 4.30. The summed E-state index contributed by atoms with van der Waals surface area (Å²) in [6, 6.07) is -1.10. The number of carbonyl (C=O) groups is 2. The fourth-order valence-corrected chi connectivity index (χ4v) is 0.832. The first-order valence-corrected chi connectivity index (χ1v) is 4.30. The van der Waals surface area contributed by atoms with Gasteiger partial charge in [0.15, 0.2) is 6.17 Å². The van der Waals surface area contributed by atoms with E-state index < -0.39 is 24.1 Å². The summed E-state index contributed by atoms with van der Waals surface area (Å²) in [5, 5.41) is 2.12. The summed E-state index contributed by atoms with van der Waals surface area (Å²) in [6.07, 6.45) is -2.14. The van der Waals surface area contributed by atoms with Crippen LogP contribution in [0.15, 0.2) is 0 Å².